The minimum Gasteiger partial charge on any atom is -0.508 e. The second-order valence-corrected chi connectivity index (χ2v) is 6.51. The van der Waals surface area contributed by atoms with Gasteiger partial charge in [-0.1, -0.05) is 19.1 Å². The highest BCUT2D eigenvalue weighted by Gasteiger charge is 2.25. The zero-order valence-corrected chi connectivity index (χ0v) is 14.7. The third kappa shape index (κ3) is 3.42. The number of nitrogens with zero attached hydrogens (tertiary/aromatic N) is 2. The molecule has 3 aromatic rings. The molecule has 4 rings (SSSR count). The van der Waals surface area contributed by atoms with E-state index in [4.69, 9.17) is 0 Å². The standard InChI is InChI=1S/C20H23N5O/c1-2-14-12-17(26)8-9-18(14)22-20-13-19(23-24-20)15-4-6-16(7-5-15)25-11-3-10-21-25/h3-12,19-20,22-24,26H,2,13H2,1H3. The van der Waals surface area contributed by atoms with Crippen LogP contribution in [-0.2, 0) is 6.42 Å². The van der Waals surface area contributed by atoms with Crippen LogP contribution in [0.2, 0.25) is 0 Å². The fraction of sp³-hybridized carbons (Fsp3) is 0.250. The second kappa shape index (κ2) is 7.19. The van der Waals surface area contributed by atoms with Gasteiger partial charge < -0.3 is 10.4 Å². The van der Waals surface area contributed by atoms with Gasteiger partial charge in [-0.3, -0.25) is 0 Å². The third-order valence-electron chi connectivity index (χ3n) is 4.77. The molecule has 1 aliphatic heterocycles. The summed E-state index contributed by atoms with van der Waals surface area (Å²) in [4.78, 5) is 0. The van der Waals surface area contributed by atoms with Crippen molar-refractivity contribution in [3.8, 4) is 11.4 Å². The molecule has 1 aromatic heterocycles. The summed E-state index contributed by atoms with van der Waals surface area (Å²) in [6.45, 7) is 2.09. The first-order valence-electron chi connectivity index (χ1n) is 8.92. The molecule has 0 amide bonds. The Morgan fingerprint density at radius 3 is 2.77 bits per heavy atom. The molecule has 0 bridgehead atoms. The number of anilines is 1. The molecule has 134 valence electrons. The Kier molecular flexibility index (Phi) is 4.60. The number of hydrazine groups is 1. The number of nitrogens with one attached hydrogen (secondary N) is 3. The van der Waals surface area contributed by atoms with Crippen molar-refractivity contribution >= 4 is 5.69 Å². The number of benzene rings is 2. The molecule has 26 heavy (non-hydrogen) atoms. The number of aromatic nitrogens is 2. The fourth-order valence-corrected chi connectivity index (χ4v) is 3.35. The van der Waals surface area contributed by atoms with E-state index in [-0.39, 0.29) is 12.2 Å². The normalized spacial score (nSPS) is 19.6. The summed E-state index contributed by atoms with van der Waals surface area (Å²) in [5, 5.41) is 17.4. The minimum absolute atomic E-state index is 0.126. The Balaban J connectivity index is 1.42. The van der Waals surface area contributed by atoms with Crippen molar-refractivity contribution in [1.29, 1.82) is 0 Å². The number of rotatable bonds is 5. The van der Waals surface area contributed by atoms with Crippen LogP contribution in [0.15, 0.2) is 60.9 Å². The number of phenolic OH excluding ortho intramolecular Hbond substituents is 1. The summed E-state index contributed by atoms with van der Waals surface area (Å²) < 4.78 is 1.85. The van der Waals surface area contributed by atoms with E-state index in [9.17, 15) is 5.11 Å². The molecule has 2 atom stereocenters. The summed E-state index contributed by atoms with van der Waals surface area (Å²) in [6, 6.07) is 16.1. The van der Waals surface area contributed by atoms with Gasteiger partial charge >= 0.3 is 0 Å². The molecule has 0 radical (unpaired) electrons. The van der Waals surface area contributed by atoms with Gasteiger partial charge in [-0.2, -0.15) is 5.10 Å². The van der Waals surface area contributed by atoms with E-state index in [0.717, 1.165) is 29.8 Å². The molecule has 1 fully saturated rings. The number of phenols is 1. The zero-order chi connectivity index (χ0) is 17.9. The highest BCUT2D eigenvalue weighted by Crippen LogP contribution is 2.27. The lowest BCUT2D eigenvalue weighted by atomic mass is 10.0. The molecule has 2 aromatic carbocycles. The summed E-state index contributed by atoms with van der Waals surface area (Å²) in [6.07, 6.45) is 5.63. The van der Waals surface area contributed by atoms with E-state index in [1.807, 2.05) is 29.1 Å². The smallest absolute Gasteiger partial charge is 0.116 e. The quantitative estimate of drug-likeness (QED) is 0.533. The van der Waals surface area contributed by atoms with Crippen LogP contribution in [0.3, 0.4) is 0 Å². The Bertz CT molecular complexity index is 860. The van der Waals surface area contributed by atoms with E-state index in [1.165, 1.54) is 5.56 Å². The summed E-state index contributed by atoms with van der Waals surface area (Å²) in [7, 11) is 0. The van der Waals surface area contributed by atoms with Gasteiger partial charge in [0.15, 0.2) is 0 Å². The Hall–Kier alpha value is -2.83. The molecule has 1 aliphatic rings. The van der Waals surface area contributed by atoms with E-state index in [1.54, 1.807) is 12.3 Å². The molecule has 1 saturated heterocycles. The maximum Gasteiger partial charge on any atom is 0.116 e. The van der Waals surface area contributed by atoms with Crippen molar-refractivity contribution in [2.24, 2.45) is 0 Å². The van der Waals surface area contributed by atoms with Gasteiger partial charge in [-0.05, 0) is 53.9 Å². The van der Waals surface area contributed by atoms with Crippen molar-refractivity contribution in [3.63, 3.8) is 0 Å². The van der Waals surface area contributed by atoms with E-state index < -0.39 is 0 Å². The van der Waals surface area contributed by atoms with Crippen LogP contribution < -0.4 is 16.2 Å². The van der Waals surface area contributed by atoms with Crippen LogP contribution in [0.25, 0.3) is 5.69 Å². The van der Waals surface area contributed by atoms with Gasteiger partial charge in [0, 0.05) is 30.5 Å². The maximum absolute atomic E-state index is 9.65. The van der Waals surface area contributed by atoms with Gasteiger partial charge in [0.2, 0.25) is 0 Å². The predicted octanol–water partition coefficient (Wildman–Crippen LogP) is 3.12. The first-order valence-corrected chi connectivity index (χ1v) is 8.92. The Morgan fingerprint density at radius 1 is 1.19 bits per heavy atom. The van der Waals surface area contributed by atoms with Crippen LogP contribution in [0.4, 0.5) is 5.69 Å². The monoisotopic (exact) mass is 349 g/mol. The van der Waals surface area contributed by atoms with Gasteiger partial charge in [0.25, 0.3) is 0 Å². The summed E-state index contributed by atoms with van der Waals surface area (Å²) in [5.41, 5.74) is 11.1. The molecule has 0 spiro atoms. The molecule has 2 heterocycles. The topological polar surface area (TPSA) is 74.1 Å². The first kappa shape index (κ1) is 16.6. The lowest BCUT2D eigenvalue weighted by Crippen LogP contribution is -2.36. The van der Waals surface area contributed by atoms with Gasteiger partial charge in [-0.25, -0.2) is 15.5 Å². The van der Waals surface area contributed by atoms with Gasteiger partial charge in [-0.15, -0.1) is 0 Å². The van der Waals surface area contributed by atoms with Crippen molar-refractivity contribution in [2.75, 3.05) is 5.32 Å². The van der Waals surface area contributed by atoms with E-state index in [0.29, 0.717) is 5.75 Å². The predicted molar refractivity (Wildman–Crippen MR) is 102 cm³/mol. The minimum atomic E-state index is 0.126. The number of hydrogen-bond acceptors (Lipinski definition) is 5. The largest absolute Gasteiger partial charge is 0.508 e. The van der Waals surface area contributed by atoms with Crippen LogP contribution in [0.5, 0.6) is 5.75 Å². The van der Waals surface area contributed by atoms with Crippen LogP contribution >= 0.6 is 0 Å². The Morgan fingerprint density at radius 2 is 2.04 bits per heavy atom. The van der Waals surface area contributed by atoms with Gasteiger partial charge in [0.05, 0.1) is 11.9 Å². The SMILES string of the molecule is CCc1cc(O)ccc1NC1CC(c2ccc(-n3cccn3)cc2)NN1. The summed E-state index contributed by atoms with van der Waals surface area (Å²) >= 11 is 0. The van der Waals surface area contributed by atoms with Crippen LogP contribution in [0.1, 0.15) is 30.5 Å². The maximum atomic E-state index is 9.65. The highest BCUT2D eigenvalue weighted by atomic mass is 16.3. The number of aryl methyl sites for hydroxylation is 1. The van der Waals surface area contributed by atoms with E-state index in [2.05, 4.69) is 52.5 Å². The lowest BCUT2D eigenvalue weighted by molar-refractivity contribution is 0.474. The van der Waals surface area contributed by atoms with Crippen molar-refractivity contribution in [2.45, 2.75) is 32.0 Å². The first-order chi connectivity index (χ1) is 12.7. The molecular formula is C20H23N5O. The third-order valence-corrected chi connectivity index (χ3v) is 4.77. The average Bonchev–Trinajstić information content (AvgIpc) is 3.35. The van der Waals surface area contributed by atoms with Crippen LogP contribution in [0, 0.1) is 0 Å². The fourth-order valence-electron chi connectivity index (χ4n) is 3.35. The molecule has 6 nitrogen and oxygen atoms in total. The van der Waals surface area contributed by atoms with Gasteiger partial charge in [0.1, 0.15) is 5.75 Å². The molecule has 4 N–H and O–H groups in total. The zero-order valence-electron chi connectivity index (χ0n) is 14.7. The average molecular weight is 349 g/mol. The summed E-state index contributed by atoms with van der Waals surface area (Å²) in [5.74, 6) is 0.306. The lowest BCUT2D eigenvalue weighted by Gasteiger charge is -2.17. The van der Waals surface area contributed by atoms with E-state index >= 15 is 0 Å². The van der Waals surface area contributed by atoms with Crippen LogP contribution in [-0.4, -0.2) is 21.1 Å². The highest BCUT2D eigenvalue weighted by molar-refractivity contribution is 5.54. The van der Waals surface area contributed by atoms with Crippen molar-refractivity contribution in [3.05, 3.63) is 72.1 Å². The molecule has 0 aliphatic carbocycles. The molecule has 6 heteroatoms. The van der Waals surface area contributed by atoms with Crippen molar-refractivity contribution in [1.82, 2.24) is 20.6 Å². The number of hydrogen-bond donors (Lipinski definition) is 4. The molecule has 0 saturated carbocycles. The van der Waals surface area contributed by atoms with Crippen molar-refractivity contribution < 1.29 is 5.11 Å². The Labute approximate surface area is 152 Å². The molecule has 2 unspecified atom stereocenters. The number of aromatic hydroxyl groups is 1. The second-order valence-electron chi connectivity index (χ2n) is 6.51. The molecular weight excluding hydrogens is 326 g/mol.